The van der Waals surface area contributed by atoms with Crippen LogP contribution in [0.1, 0.15) is 76.3 Å². The average molecular weight is 852 g/mol. The molecule has 0 aromatic heterocycles. The molecule has 0 aliphatic carbocycles. The molecule has 0 amide bonds. The largest absolute Gasteiger partial charge is 0.485 e. The van der Waals surface area contributed by atoms with Crippen molar-refractivity contribution in [3.8, 4) is 50.6 Å². The highest BCUT2D eigenvalue weighted by atomic mass is 35.5. The lowest BCUT2D eigenvalue weighted by molar-refractivity contribution is 0.103. The molecular weight excluding hydrogens is 808 g/mol. The second kappa shape index (κ2) is 18.5. The Labute approximate surface area is 373 Å². The van der Waals surface area contributed by atoms with Crippen LogP contribution in [0.2, 0.25) is 5.02 Å². The van der Waals surface area contributed by atoms with E-state index in [1.807, 2.05) is 130 Å². The summed E-state index contributed by atoms with van der Waals surface area (Å²) in [5.41, 5.74) is 10.2. The van der Waals surface area contributed by atoms with E-state index in [9.17, 15) is 9.59 Å². The van der Waals surface area contributed by atoms with Gasteiger partial charge in [-0.05, 0) is 126 Å². The van der Waals surface area contributed by atoms with Crippen LogP contribution in [0.4, 0.5) is 0 Å². The maximum absolute atomic E-state index is 13.4. The van der Waals surface area contributed by atoms with Crippen LogP contribution in [0.5, 0.6) is 17.2 Å². The first kappa shape index (κ1) is 42.0. The summed E-state index contributed by atoms with van der Waals surface area (Å²) in [7, 11) is 0. The predicted octanol–water partition coefficient (Wildman–Crippen LogP) is 15.6. The first-order valence-corrected chi connectivity index (χ1v) is 21.4. The number of alkyl halides is 1. The highest BCUT2D eigenvalue weighted by Gasteiger charge is 2.22. The molecule has 6 heteroatoms. The number of ketones is 2. The van der Waals surface area contributed by atoms with E-state index in [1.54, 1.807) is 36.4 Å². The average Bonchev–Trinajstić information content (AvgIpc) is 3.32. The van der Waals surface area contributed by atoms with Crippen molar-refractivity contribution in [2.75, 3.05) is 0 Å². The molecular formula is C56H44Cl2O4. The Balaban J connectivity index is 1.05. The molecule has 0 spiro atoms. The normalized spacial score (nSPS) is 12.5. The van der Waals surface area contributed by atoms with Crippen molar-refractivity contribution in [1.29, 1.82) is 0 Å². The molecule has 0 saturated carbocycles. The zero-order chi connectivity index (χ0) is 43.2. The SMILES string of the molecule is CCC(C)(Cl)c1ccc(C(=O)c2ccc(Oc3ccc(-c4ccc(OC(C)c5ccc(C(=O)c6ccc(Cl)cc6)cc5)c(-c5ccccc5)c4)cc3-c3ccccc3)cc2)cc1. The summed E-state index contributed by atoms with van der Waals surface area (Å²) in [6, 6.07) is 62.1. The Morgan fingerprint density at radius 2 is 0.968 bits per heavy atom. The van der Waals surface area contributed by atoms with E-state index in [0.717, 1.165) is 56.7 Å². The third-order valence-corrected chi connectivity index (χ3v) is 12.0. The van der Waals surface area contributed by atoms with Crippen LogP contribution in [0, 0.1) is 0 Å². The summed E-state index contributed by atoms with van der Waals surface area (Å²) in [6.45, 7) is 6.04. The molecule has 2 unspecified atom stereocenters. The van der Waals surface area contributed by atoms with Gasteiger partial charge in [0.1, 0.15) is 23.4 Å². The highest BCUT2D eigenvalue weighted by Crippen LogP contribution is 2.41. The van der Waals surface area contributed by atoms with Gasteiger partial charge in [-0.15, -0.1) is 11.6 Å². The van der Waals surface area contributed by atoms with Gasteiger partial charge in [0, 0.05) is 38.4 Å². The van der Waals surface area contributed by atoms with E-state index in [0.29, 0.717) is 38.8 Å². The molecule has 4 nitrogen and oxygen atoms in total. The Morgan fingerprint density at radius 1 is 0.532 bits per heavy atom. The number of ether oxygens (including phenoxy) is 2. The molecule has 62 heavy (non-hydrogen) atoms. The van der Waals surface area contributed by atoms with Crippen LogP contribution in [0.25, 0.3) is 33.4 Å². The van der Waals surface area contributed by atoms with Crippen molar-refractivity contribution in [3.63, 3.8) is 0 Å². The van der Waals surface area contributed by atoms with Gasteiger partial charge in [-0.1, -0.05) is 140 Å². The minimum absolute atomic E-state index is 0.0634. The summed E-state index contributed by atoms with van der Waals surface area (Å²) in [4.78, 5) is 26.0. The molecule has 2 atom stereocenters. The second-order valence-electron chi connectivity index (χ2n) is 15.5. The number of rotatable bonds is 14. The number of carbonyl (C=O) groups is 2. The zero-order valence-electron chi connectivity index (χ0n) is 34.6. The molecule has 8 aromatic carbocycles. The van der Waals surface area contributed by atoms with Crippen molar-refractivity contribution in [1.82, 2.24) is 0 Å². The molecule has 0 saturated heterocycles. The van der Waals surface area contributed by atoms with Gasteiger partial charge >= 0.3 is 0 Å². The van der Waals surface area contributed by atoms with Crippen LogP contribution in [-0.4, -0.2) is 11.6 Å². The fourth-order valence-corrected chi connectivity index (χ4v) is 7.62. The van der Waals surface area contributed by atoms with Gasteiger partial charge in [0.25, 0.3) is 0 Å². The number of hydrogen-bond acceptors (Lipinski definition) is 4. The van der Waals surface area contributed by atoms with Gasteiger partial charge in [-0.2, -0.15) is 0 Å². The molecule has 0 heterocycles. The maximum Gasteiger partial charge on any atom is 0.193 e. The van der Waals surface area contributed by atoms with Crippen molar-refractivity contribution in [2.24, 2.45) is 0 Å². The Bertz CT molecular complexity index is 2820. The van der Waals surface area contributed by atoms with Crippen molar-refractivity contribution >= 4 is 34.8 Å². The summed E-state index contributed by atoms with van der Waals surface area (Å²) in [6.07, 6.45) is 0.489. The minimum Gasteiger partial charge on any atom is -0.485 e. The standard InChI is InChI=1S/C56H44Cl2O4/c1-4-56(3,58)47-27-19-42(20-28-47)55(60)44-23-31-49(32-24-44)62-53-34-26-46(36-51(53)40-13-9-6-10-14-40)45-25-33-52(50(35-45)39-11-7-5-8-12-39)61-37(2)38-15-17-41(18-16-38)54(59)43-21-29-48(57)30-22-43/h5-37H,4H2,1-3H3. The number of benzene rings is 8. The molecule has 0 bridgehead atoms. The van der Waals surface area contributed by atoms with Crippen molar-refractivity contribution in [2.45, 2.75) is 38.2 Å². The van der Waals surface area contributed by atoms with E-state index >= 15 is 0 Å². The molecule has 0 N–H and O–H groups in total. The van der Waals surface area contributed by atoms with Crippen molar-refractivity contribution in [3.05, 3.63) is 233 Å². The van der Waals surface area contributed by atoms with E-state index in [2.05, 4.69) is 48.5 Å². The Morgan fingerprint density at radius 3 is 1.47 bits per heavy atom. The van der Waals surface area contributed by atoms with E-state index in [1.165, 1.54) is 0 Å². The lowest BCUT2D eigenvalue weighted by Gasteiger charge is -2.20. The van der Waals surface area contributed by atoms with Gasteiger partial charge in [0.2, 0.25) is 0 Å². The monoisotopic (exact) mass is 850 g/mol. The quantitative estimate of drug-likeness (QED) is 0.0808. The molecule has 0 fully saturated rings. The summed E-state index contributed by atoms with van der Waals surface area (Å²) in [5.74, 6) is 1.92. The fourth-order valence-electron chi connectivity index (χ4n) is 7.37. The number of hydrogen-bond donors (Lipinski definition) is 0. The molecule has 0 aliphatic heterocycles. The van der Waals surface area contributed by atoms with Gasteiger partial charge in [-0.25, -0.2) is 0 Å². The second-order valence-corrected chi connectivity index (χ2v) is 16.7. The van der Waals surface area contributed by atoms with Gasteiger partial charge < -0.3 is 9.47 Å². The van der Waals surface area contributed by atoms with Crippen LogP contribution >= 0.6 is 23.2 Å². The molecule has 0 radical (unpaired) electrons. The number of carbonyl (C=O) groups excluding carboxylic acids is 2. The zero-order valence-corrected chi connectivity index (χ0v) is 36.2. The Kier molecular flexibility index (Phi) is 12.5. The summed E-state index contributed by atoms with van der Waals surface area (Å²) < 4.78 is 13.2. The third kappa shape index (κ3) is 9.43. The minimum atomic E-state index is -0.471. The van der Waals surface area contributed by atoms with Crippen LogP contribution in [-0.2, 0) is 4.87 Å². The first-order chi connectivity index (χ1) is 30.1. The lowest BCUT2D eigenvalue weighted by atomic mass is 9.94. The third-order valence-electron chi connectivity index (χ3n) is 11.3. The number of halogens is 2. The Hall–Kier alpha value is -6.72. The van der Waals surface area contributed by atoms with Gasteiger partial charge in [0.15, 0.2) is 11.6 Å². The molecule has 8 aromatic rings. The van der Waals surface area contributed by atoms with Crippen LogP contribution < -0.4 is 9.47 Å². The lowest BCUT2D eigenvalue weighted by Crippen LogP contribution is -2.12. The summed E-state index contributed by atoms with van der Waals surface area (Å²) in [5, 5.41) is 0.589. The smallest absolute Gasteiger partial charge is 0.193 e. The van der Waals surface area contributed by atoms with Crippen molar-refractivity contribution < 1.29 is 19.1 Å². The molecule has 306 valence electrons. The topological polar surface area (TPSA) is 52.6 Å². The first-order valence-electron chi connectivity index (χ1n) is 20.6. The molecule has 8 rings (SSSR count). The predicted molar refractivity (Wildman–Crippen MR) is 253 cm³/mol. The fraction of sp³-hybridized carbons (Fsp3) is 0.107. The van der Waals surface area contributed by atoms with E-state index in [4.69, 9.17) is 32.7 Å². The van der Waals surface area contributed by atoms with E-state index in [-0.39, 0.29) is 17.7 Å². The highest BCUT2D eigenvalue weighted by molar-refractivity contribution is 6.30. The molecule has 0 aliphatic rings. The van der Waals surface area contributed by atoms with Gasteiger partial charge in [0.05, 0.1) is 4.87 Å². The van der Waals surface area contributed by atoms with E-state index < -0.39 is 4.87 Å². The summed E-state index contributed by atoms with van der Waals surface area (Å²) >= 11 is 12.7. The maximum atomic E-state index is 13.4. The van der Waals surface area contributed by atoms with Gasteiger partial charge in [-0.3, -0.25) is 9.59 Å². The van der Waals surface area contributed by atoms with Crippen LogP contribution in [0.3, 0.4) is 0 Å². The van der Waals surface area contributed by atoms with Crippen LogP contribution in [0.15, 0.2) is 194 Å².